The van der Waals surface area contributed by atoms with Crippen LogP contribution < -0.4 is 4.57 Å². The van der Waals surface area contributed by atoms with Gasteiger partial charge < -0.3 is 0 Å². The summed E-state index contributed by atoms with van der Waals surface area (Å²) in [6, 6.07) is 0.576. The molecule has 0 radical (unpaired) electrons. The highest BCUT2D eigenvalue weighted by Crippen LogP contribution is 2.11. The van der Waals surface area contributed by atoms with Crippen LogP contribution in [0.2, 0.25) is 0 Å². The molecule has 0 aromatic carbocycles. The first kappa shape index (κ1) is 18.3. The summed E-state index contributed by atoms with van der Waals surface area (Å²) in [5.41, 5.74) is 0. The molecule has 0 fully saturated rings. The van der Waals surface area contributed by atoms with E-state index >= 15 is 0 Å². The second-order valence-electron chi connectivity index (χ2n) is 6.63. The van der Waals surface area contributed by atoms with Crippen LogP contribution in [0.15, 0.2) is 12.4 Å². The molecule has 0 bridgehead atoms. The molecule has 0 aliphatic rings. The summed E-state index contributed by atoms with van der Waals surface area (Å²) in [6.07, 6.45) is 18.1. The number of aryl methyl sites for hydroxylation is 1. The van der Waals surface area contributed by atoms with Gasteiger partial charge in [-0.25, -0.2) is 9.13 Å². The van der Waals surface area contributed by atoms with Crippen molar-refractivity contribution in [2.24, 2.45) is 0 Å². The van der Waals surface area contributed by atoms with E-state index < -0.39 is 0 Å². The van der Waals surface area contributed by atoms with Gasteiger partial charge in [-0.2, -0.15) is 0 Å². The molecule has 2 heteroatoms. The molecule has 0 N–H and O–H groups in total. The van der Waals surface area contributed by atoms with Crippen molar-refractivity contribution in [2.45, 2.75) is 104 Å². The Morgan fingerprint density at radius 1 is 0.905 bits per heavy atom. The molecule has 2 nitrogen and oxygen atoms in total. The zero-order valence-corrected chi connectivity index (χ0v) is 14.9. The van der Waals surface area contributed by atoms with Gasteiger partial charge in [-0.1, -0.05) is 52.4 Å². The Balaban J connectivity index is 2.47. The molecular formula is C19H37N2+. The van der Waals surface area contributed by atoms with Crippen LogP contribution in [0.1, 0.15) is 97.3 Å². The number of unbranched alkanes of at least 4 members (excludes halogenated alkanes) is 7. The summed E-state index contributed by atoms with van der Waals surface area (Å²) < 4.78 is 4.97. The highest BCUT2D eigenvalue weighted by Gasteiger charge is 2.18. The standard InChI is InChI=1S/C19H37N2/c1-5-7-9-10-11-13-15-20-16-17-21(18(3)4)19(20)14-12-8-6-2/h16-18H,5-15H2,1-4H3/q+1. The van der Waals surface area contributed by atoms with Crippen molar-refractivity contribution < 1.29 is 4.57 Å². The lowest BCUT2D eigenvalue weighted by Crippen LogP contribution is -2.37. The highest BCUT2D eigenvalue weighted by molar-refractivity contribution is 4.86. The Hall–Kier alpha value is -0.790. The van der Waals surface area contributed by atoms with Gasteiger partial charge in [0, 0.05) is 6.42 Å². The first-order valence-electron chi connectivity index (χ1n) is 9.29. The van der Waals surface area contributed by atoms with Gasteiger partial charge in [-0.15, -0.1) is 0 Å². The predicted octanol–water partition coefficient (Wildman–Crippen LogP) is 5.45. The lowest BCUT2D eigenvalue weighted by molar-refractivity contribution is -0.704. The second-order valence-corrected chi connectivity index (χ2v) is 6.63. The molecule has 0 aliphatic heterocycles. The minimum atomic E-state index is 0.576. The van der Waals surface area contributed by atoms with E-state index in [1.807, 2.05) is 0 Å². The molecule has 0 saturated carbocycles. The number of rotatable bonds is 12. The molecule has 1 rings (SSSR count). The van der Waals surface area contributed by atoms with Gasteiger partial charge in [-0.05, 0) is 33.1 Å². The van der Waals surface area contributed by atoms with E-state index in [0.717, 1.165) is 0 Å². The van der Waals surface area contributed by atoms with E-state index in [9.17, 15) is 0 Å². The van der Waals surface area contributed by atoms with Crippen molar-refractivity contribution in [1.82, 2.24) is 4.57 Å². The molecule has 1 aromatic heterocycles. The Labute approximate surface area is 132 Å². The van der Waals surface area contributed by atoms with Crippen molar-refractivity contribution in [3.8, 4) is 0 Å². The molecule has 0 spiro atoms. The largest absolute Gasteiger partial charge is 0.256 e. The maximum Gasteiger partial charge on any atom is 0.256 e. The van der Waals surface area contributed by atoms with Crippen LogP contribution in [0.4, 0.5) is 0 Å². The second kappa shape index (κ2) is 10.9. The van der Waals surface area contributed by atoms with Gasteiger partial charge in [0.05, 0.1) is 12.6 Å². The Kier molecular flexibility index (Phi) is 9.45. The molecule has 0 atom stereocenters. The van der Waals surface area contributed by atoms with Crippen LogP contribution in [0.3, 0.4) is 0 Å². The number of imidazole rings is 1. The summed E-state index contributed by atoms with van der Waals surface area (Å²) in [6.45, 7) is 10.4. The molecule has 0 amide bonds. The number of hydrogen-bond donors (Lipinski definition) is 0. The highest BCUT2D eigenvalue weighted by atomic mass is 15.2. The normalized spacial score (nSPS) is 11.5. The third-order valence-corrected chi connectivity index (χ3v) is 4.35. The van der Waals surface area contributed by atoms with Gasteiger partial charge in [0.1, 0.15) is 12.4 Å². The number of aromatic nitrogens is 2. The van der Waals surface area contributed by atoms with Crippen LogP contribution >= 0.6 is 0 Å². The average Bonchev–Trinajstić information content (AvgIpc) is 2.86. The number of hydrogen-bond acceptors (Lipinski definition) is 0. The van der Waals surface area contributed by atoms with Crippen molar-refractivity contribution in [3.05, 3.63) is 18.2 Å². The smallest absolute Gasteiger partial charge is 0.234 e. The Bertz CT molecular complexity index is 366. The lowest BCUT2D eigenvalue weighted by Gasteiger charge is -2.08. The van der Waals surface area contributed by atoms with E-state index in [2.05, 4.69) is 49.2 Å². The molecular weight excluding hydrogens is 256 g/mol. The fraction of sp³-hybridized carbons (Fsp3) is 0.842. The third kappa shape index (κ3) is 6.67. The fourth-order valence-corrected chi connectivity index (χ4v) is 3.01. The van der Waals surface area contributed by atoms with E-state index in [4.69, 9.17) is 0 Å². The quantitative estimate of drug-likeness (QED) is 0.358. The average molecular weight is 294 g/mol. The molecule has 21 heavy (non-hydrogen) atoms. The maximum atomic E-state index is 2.51. The summed E-state index contributed by atoms with van der Waals surface area (Å²) >= 11 is 0. The fourth-order valence-electron chi connectivity index (χ4n) is 3.01. The van der Waals surface area contributed by atoms with Crippen molar-refractivity contribution >= 4 is 0 Å². The van der Waals surface area contributed by atoms with Gasteiger partial charge in [-0.3, -0.25) is 0 Å². The molecule has 1 heterocycles. The van der Waals surface area contributed by atoms with Crippen LogP contribution in [-0.2, 0) is 13.0 Å². The third-order valence-electron chi connectivity index (χ3n) is 4.35. The first-order valence-corrected chi connectivity index (χ1v) is 9.29. The van der Waals surface area contributed by atoms with Crippen molar-refractivity contribution in [2.75, 3.05) is 0 Å². The minimum absolute atomic E-state index is 0.576. The Morgan fingerprint density at radius 3 is 2.19 bits per heavy atom. The van der Waals surface area contributed by atoms with Crippen LogP contribution in [0.25, 0.3) is 0 Å². The van der Waals surface area contributed by atoms with Gasteiger partial charge in [0.2, 0.25) is 0 Å². The van der Waals surface area contributed by atoms with E-state index in [0.29, 0.717) is 6.04 Å². The SMILES string of the molecule is CCCCCCCC[n+]1ccn(C(C)C)c1CCCCC. The van der Waals surface area contributed by atoms with E-state index in [-0.39, 0.29) is 0 Å². The topological polar surface area (TPSA) is 8.81 Å². The summed E-state index contributed by atoms with van der Waals surface area (Å²) in [5.74, 6) is 1.53. The maximum absolute atomic E-state index is 2.51. The van der Waals surface area contributed by atoms with Crippen molar-refractivity contribution in [1.29, 1.82) is 0 Å². The molecule has 0 saturated heterocycles. The van der Waals surface area contributed by atoms with Gasteiger partial charge in [0.15, 0.2) is 0 Å². The minimum Gasteiger partial charge on any atom is -0.234 e. The number of nitrogens with zero attached hydrogens (tertiary/aromatic N) is 2. The van der Waals surface area contributed by atoms with E-state index in [1.54, 1.807) is 0 Å². The summed E-state index contributed by atoms with van der Waals surface area (Å²) in [4.78, 5) is 0. The summed E-state index contributed by atoms with van der Waals surface area (Å²) in [7, 11) is 0. The summed E-state index contributed by atoms with van der Waals surface area (Å²) in [5, 5.41) is 0. The molecule has 0 unspecified atom stereocenters. The van der Waals surface area contributed by atoms with Gasteiger partial charge in [0.25, 0.3) is 5.82 Å². The van der Waals surface area contributed by atoms with E-state index in [1.165, 1.54) is 76.6 Å². The lowest BCUT2D eigenvalue weighted by atomic mass is 10.1. The molecule has 1 aromatic rings. The zero-order valence-electron chi connectivity index (χ0n) is 14.9. The molecule has 122 valence electrons. The zero-order chi connectivity index (χ0) is 15.5. The van der Waals surface area contributed by atoms with Gasteiger partial charge >= 0.3 is 0 Å². The first-order chi connectivity index (χ1) is 10.2. The monoisotopic (exact) mass is 293 g/mol. The van der Waals surface area contributed by atoms with Crippen LogP contribution in [0, 0.1) is 0 Å². The van der Waals surface area contributed by atoms with Crippen molar-refractivity contribution in [3.63, 3.8) is 0 Å². The van der Waals surface area contributed by atoms with Crippen LogP contribution in [0.5, 0.6) is 0 Å². The predicted molar refractivity (Wildman–Crippen MR) is 91.6 cm³/mol. The Morgan fingerprint density at radius 2 is 1.52 bits per heavy atom. The molecule has 0 aliphatic carbocycles. The van der Waals surface area contributed by atoms with Crippen LogP contribution in [-0.4, -0.2) is 4.57 Å².